The van der Waals surface area contributed by atoms with E-state index in [2.05, 4.69) is 6.92 Å². The average molecular weight is 283 g/mol. The Labute approximate surface area is 121 Å². The Kier molecular flexibility index (Phi) is 6.32. The minimum Gasteiger partial charge on any atom is -0.342 e. The molecule has 1 aliphatic rings. The molecule has 0 saturated carbocycles. The van der Waals surface area contributed by atoms with Crippen molar-refractivity contribution in [3.63, 3.8) is 0 Å². The van der Waals surface area contributed by atoms with Gasteiger partial charge in [0.1, 0.15) is 0 Å². The molecular weight excluding hydrogens is 260 g/mol. The summed E-state index contributed by atoms with van der Waals surface area (Å²) in [7, 11) is 0. The molecule has 106 valence electrons. The lowest BCUT2D eigenvalue weighted by atomic mass is 9.98. The van der Waals surface area contributed by atoms with Crippen LogP contribution in [0.2, 0.25) is 0 Å². The van der Waals surface area contributed by atoms with Crippen molar-refractivity contribution >= 4 is 18.3 Å². The first kappa shape index (κ1) is 16.0. The number of nitrogens with two attached hydrogens (primary N) is 1. The Balaban J connectivity index is 0.00000180. The molecule has 1 aliphatic heterocycles. The van der Waals surface area contributed by atoms with E-state index in [0.717, 1.165) is 25.1 Å². The van der Waals surface area contributed by atoms with Crippen molar-refractivity contribution in [3.8, 4) is 0 Å². The van der Waals surface area contributed by atoms with E-state index in [9.17, 15) is 4.79 Å². The molecule has 2 atom stereocenters. The van der Waals surface area contributed by atoms with Crippen LogP contribution in [0.4, 0.5) is 0 Å². The summed E-state index contributed by atoms with van der Waals surface area (Å²) in [6, 6.07) is 9.67. The molecule has 0 aliphatic carbocycles. The molecule has 0 bridgehead atoms. The van der Waals surface area contributed by atoms with Crippen molar-refractivity contribution < 1.29 is 4.79 Å². The summed E-state index contributed by atoms with van der Waals surface area (Å²) >= 11 is 0. The second-order valence-corrected chi connectivity index (χ2v) is 5.31. The average Bonchev–Trinajstić information content (AvgIpc) is 2.39. The summed E-state index contributed by atoms with van der Waals surface area (Å²) in [5, 5.41) is 0. The Morgan fingerprint density at radius 1 is 1.42 bits per heavy atom. The number of halogens is 1. The molecule has 1 unspecified atom stereocenters. The highest BCUT2D eigenvalue weighted by Crippen LogP contribution is 2.19. The lowest BCUT2D eigenvalue weighted by molar-refractivity contribution is -0.133. The van der Waals surface area contributed by atoms with E-state index in [-0.39, 0.29) is 24.4 Å². The van der Waals surface area contributed by atoms with Gasteiger partial charge in [0.05, 0.1) is 0 Å². The number of hydrogen-bond acceptors (Lipinski definition) is 2. The number of rotatable bonds is 3. The first-order valence-corrected chi connectivity index (χ1v) is 6.75. The van der Waals surface area contributed by atoms with Crippen LogP contribution in [0.25, 0.3) is 0 Å². The van der Waals surface area contributed by atoms with Crippen molar-refractivity contribution in [2.45, 2.75) is 32.2 Å². The maximum absolute atomic E-state index is 12.2. The molecule has 4 heteroatoms. The second-order valence-electron chi connectivity index (χ2n) is 5.31. The highest BCUT2D eigenvalue weighted by Gasteiger charge is 2.22. The van der Waals surface area contributed by atoms with Crippen molar-refractivity contribution in [2.75, 3.05) is 13.1 Å². The number of amides is 1. The molecule has 1 fully saturated rings. The lowest BCUT2D eigenvalue weighted by Gasteiger charge is -2.31. The van der Waals surface area contributed by atoms with E-state index in [1.54, 1.807) is 0 Å². The molecule has 3 nitrogen and oxygen atoms in total. The molecule has 2 rings (SSSR count). The zero-order valence-electron chi connectivity index (χ0n) is 11.4. The van der Waals surface area contributed by atoms with E-state index in [4.69, 9.17) is 5.73 Å². The maximum Gasteiger partial charge on any atom is 0.224 e. The van der Waals surface area contributed by atoms with Gasteiger partial charge < -0.3 is 10.6 Å². The van der Waals surface area contributed by atoms with Crippen LogP contribution in [0, 0.1) is 5.92 Å². The van der Waals surface area contributed by atoms with E-state index in [1.165, 1.54) is 6.42 Å². The third-order valence-electron chi connectivity index (χ3n) is 3.63. The van der Waals surface area contributed by atoms with Gasteiger partial charge in [0.15, 0.2) is 0 Å². The van der Waals surface area contributed by atoms with Gasteiger partial charge in [-0.25, -0.2) is 0 Å². The SMILES string of the molecule is CC1CCCN(C(=O)C[C@@H](N)c2ccccc2)C1.Cl. The van der Waals surface area contributed by atoms with Crippen LogP contribution in [-0.2, 0) is 4.79 Å². The van der Waals surface area contributed by atoms with Gasteiger partial charge in [-0.05, 0) is 24.3 Å². The molecule has 0 spiro atoms. The molecule has 1 heterocycles. The maximum atomic E-state index is 12.2. The number of benzene rings is 1. The van der Waals surface area contributed by atoms with E-state index >= 15 is 0 Å². The lowest BCUT2D eigenvalue weighted by Crippen LogP contribution is -2.40. The second kappa shape index (κ2) is 7.51. The highest BCUT2D eigenvalue weighted by atomic mass is 35.5. The van der Waals surface area contributed by atoms with Crippen LogP contribution in [0.3, 0.4) is 0 Å². The van der Waals surface area contributed by atoms with Crippen molar-refractivity contribution in [1.82, 2.24) is 4.90 Å². The largest absolute Gasteiger partial charge is 0.342 e. The predicted molar refractivity (Wildman–Crippen MR) is 80.2 cm³/mol. The Hall–Kier alpha value is -1.06. The van der Waals surface area contributed by atoms with E-state index < -0.39 is 0 Å². The van der Waals surface area contributed by atoms with Crippen LogP contribution in [0.1, 0.15) is 37.8 Å². The first-order chi connectivity index (χ1) is 8.66. The van der Waals surface area contributed by atoms with Crippen molar-refractivity contribution in [1.29, 1.82) is 0 Å². The van der Waals surface area contributed by atoms with Gasteiger partial charge in [-0.1, -0.05) is 37.3 Å². The highest BCUT2D eigenvalue weighted by molar-refractivity contribution is 5.85. The number of piperidine rings is 1. The third-order valence-corrected chi connectivity index (χ3v) is 3.63. The number of carbonyl (C=O) groups excluding carboxylic acids is 1. The van der Waals surface area contributed by atoms with Gasteiger partial charge in [-0.2, -0.15) is 0 Å². The fourth-order valence-corrected chi connectivity index (χ4v) is 2.55. The van der Waals surface area contributed by atoms with Crippen LogP contribution in [0.15, 0.2) is 30.3 Å². The molecule has 2 N–H and O–H groups in total. The minimum absolute atomic E-state index is 0. The zero-order chi connectivity index (χ0) is 13.0. The van der Waals surface area contributed by atoms with Gasteiger partial charge >= 0.3 is 0 Å². The Morgan fingerprint density at radius 2 is 2.11 bits per heavy atom. The number of hydrogen-bond donors (Lipinski definition) is 1. The van der Waals surface area contributed by atoms with Gasteiger partial charge in [0.25, 0.3) is 0 Å². The number of nitrogens with zero attached hydrogens (tertiary/aromatic N) is 1. The normalized spacial score (nSPS) is 20.5. The molecule has 1 saturated heterocycles. The minimum atomic E-state index is -0.184. The Bertz CT molecular complexity index is 396. The molecular formula is C15H23ClN2O. The van der Waals surface area contributed by atoms with Gasteiger partial charge in [-0.3, -0.25) is 4.79 Å². The number of carbonyl (C=O) groups is 1. The molecule has 1 aromatic carbocycles. The molecule has 19 heavy (non-hydrogen) atoms. The molecule has 1 amide bonds. The van der Waals surface area contributed by atoms with Gasteiger partial charge in [0.2, 0.25) is 5.91 Å². The predicted octanol–water partition coefficient (Wildman–Crippen LogP) is 2.76. The fourth-order valence-electron chi connectivity index (χ4n) is 2.55. The molecule has 1 aromatic rings. The summed E-state index contributed by atoms with van der Waals surface area (Å²) in [5.41, 5.74) is 7.13. The summed E-state index contributed by atoms with van der Waals surface area (Å²) in [4.78, 5) is 14.1. The molecule has 0 aromatic heterocycles. The monoisotopic (exact) mass is 282 g/mol. The first-order valence-electron chi connectivity index (χ1n) is 6.75. The fraction of sp³-hybridized carbons (Fsp3) is 0.533. The van der Waals surface area contributed by atoms with Crippen LogP contribution < -0.4 is 5.73 Å². The summed E-state index contributed by atoms with van der Waals surface area (Å²) in [6.45, 7) is 3.99. The van der Waals surface area contributed by atoms with Crippen LogP contribution in [0.5, 0.6) is 0 Å². The molecule has 0 radical (unpaired) electrons. The van der Waals surface area contributed by atoms with Gasteiger partial charge in [-0.15, -0.1) is 12.4 Å². The van der Waals surface area contributed by atoms with Gasteiger partial charge in [0, 0.05) is 25.6 Å². The van der Waals surface area contributed by atoms with Crippen LogP contribution >= 0.6 is 12.4 Å². The van der Waals surface area contributed by atoms with Crippen molar-refractivity contribution in [3.05, 3.63) is 35.9 Å². The Morgan fingerprint density at radius 3 is 2.74 bits per heavy atom. The number of likely N-dealkylation sites (tertiary alicyclic amines) is 1. The summed E-state index contributed by atoms with van der Waals surface area (Å²) in [6.07, 6.45) is 2.76. The van der Waals surface area contributed by atoms with E-state index in [1.807, 2.05) is 35.2 Å². The topological polar surface area (TPSA) is 46.3 Å². The quantitative estimate of drug-likeness (QED) is 0.927. The third kappa shape index (κ3) is 4.51. The van der Waals surface area contributed by atoms with Crippen molar-refractivity contribution in [2.24, 2.45) is 11.7 Å². The zero-order valence-corrected chi connectivity index (χ0v) is 12.2. The smallest absolute Gasteiger partial charge is 0.224 e. The van der Waals surface area contributed by atoms with Crippen LogP contribution in [-0.4, -0.2) is 23.9 Å². The van der Waals surface area contributed by atoms with E-state index in [0.29, 0.717) is 12.3 Å². The summed E-state index contributed by atoms with van der Waals surface area (Å²) < 4.78 is 0. The standard InChI is InChI=1S/C15H22N2O.ClH/c1-12-6-5-9-17(11-12)15(18)10-14(16)13-7-3-2-4-8-13;/h2-4,7-8,12,14H,5-6,9-11,16H2,1H3;1H/t12?,14-;/m1./s1. The summed E-state index contributed by atoms with van der Waals surface area (Å²) in [5.74, 6) is 0.813.